The van der Waals surface area contributed by atoms with Gasteiger partial charge < -0.3 is 4.74 Å². The monoisotopic (exact) mass is 281 g/mol. The van der Waals surface area contributed by atoms with Crippen LogP contribution in [0.1, 0.15) is 0 Å². The quantitative estimate of drug-likeness (QED) is 0.873. The third kappa shape index (κ3) is 3.65. The van der Waals surface area contributed by atoms with Crippen LogP contribution in [0.25, 0.3) is 0 Å². The van der Waals surface area contributed by atoms with Crippen LogP contribution in [0.5, 0.6) is 5.75 Å². The molecule has 92 valence electrons. The fraction of sp³-hybridized carbons (Fsp3) is 0. The van der Waals surface area contributed by atoms with E-state index in [2.05, 4.69) is 5.32 Å². The Bertz CT molecular complexity index is 538. The van der Waals surface area contributed by atoms with Crippen LogP contribution >= 0.6 is 23.2 Å². The van der Waals surface area contributed by atoms with Crippen LogP contribution in [0.2, 0.25) is 10.0 Å². The first-order chi connectivity index (χ1) is 8.63. The standard InChI is InChI=1S/C13H9Cl2NO2/c14-9-6-10(15)8-11(7-9)16-13(17)18-12-4-2-1-3-5-12/h1-8H,(H,16,17). The summed E-state index contributed by atoms with van der Waals surface area (Å²) in [5, 5.41) is 3.43. The van der Waals surface area contributed by atoms with Gasteiger partial charge in [0.1, 0.15) is 5.75 Å². The lowest BCUT2D eigenvalue weighted by atomic mass is 10.3. The van der Waals surface area contributed by atoms with Crippen molar-refractivity contribution in [2.45, 2.75) is 0 Å². The summed E-state index contributed by atoms with van der Waals surface area (Å²) in [6.07, 6.45) is -0.598. The number of carbonyl (C=O) groups excluding carboxylic acids is 1. The number of rotatable bonds is 2. The number of nitrogens with one attached hydrogen (secondary N) is 1. The first-order valence-corrected chi connectivity index (χ1v) is 5.89. The Morgan fingerprint density at radius 1 is 1.00 bits per heavy atom. The molecule has 0 spiro atoms. The number of hydrogen-bond acceptors (Lipinski definition) is 2. The van der Waals surface area contributed by atoms with Crippen molar-refractivity contribution in [3.63, 3.8) is 0 Å². The fourth-order valence-electron chi connectivity index (χ4n) is 1.36. The van der Waals surface area contributed by atoms with Gasteiger partial charge in [-0.1, -0.05) is 41.4 Å². The minimum absolute atomic E-state index is 0.442. The van der Waals surface area contributed by atoms with E-state index in [0.717, 1.165) is 0 Å². The molecule has 3 nitrogen and oxygen atoms in total. The van der Waals surface area contributed by atoms with Gasteiger partial charge in [0, 0.05) is 15.7 Å². The molecule has 0 aliphatic rings. The molecule has 0 heterocycles. The van der Waals surface area contributed by atoms with Gasteiger partial charge in [-0.15, -0.1) is 0 Å². The van der Waals surface area contributed by atoms with Gasteiger partial charge in [-0.2, -0.15) is 0 Å². The molecule has 18 heavy (non-hydrogen) atoms. The maximum Gasteiger partial charge on any atom is 0.417 e. The summed E-state index contributed by atoms with van der Waals surface area (Å²) in [7, 11) is 0. The van der Waals surface area contributed by atoms with E-state index in [1.807, 2.05) is 6.07 Å². The van der Waals surface area contributed by atoms with E-state index in [1.165, 1.54) is 0 Å². The van der Waals surface area contributed by atoms with Crippen LogP contribution in [0, 0.1) is 0 Å². The average Bonchev–Trinajstić information content (AvgIpc) is 2.28. The predicted molar refractivity (Wildman–Crippen MR) is 72.6 cm³/mol. The molecule has 2 aromatic carbocycles. The van der Waals surface area contributed by atoms with Crippen molar-refractivity contribution >= 4 is 35.0 Å². The third-order valence-electron chi connectivity index (χ3n) is 2.06. The average molecular weight is 282 g/mol. The van der Waals surface area contributed by atoms with E-state index in [-0.39, 0.29) is 0 Å². The lowest BCUT2D eigenvalue weighted by Gasteiger charge is -2.07. The third-order valence-corrected chi connectivity index (χ3v) is 2.50. The van der Waals surface area contributed by atoms with Crippen molar-refractivity contribution in [2.75, 3.05) is 5.32 Å². The second-order valence-corrected chi connectivity index (χ2v) is 4.36. The lowest BCUT2D eigenvalue weighted by molar-refractivity contribution is 0.215. The summed E-state index contributed by atoms with van der Waals surface area (Å²) < 4.78 is 5.06. The first-order valence-electron chi connectivity index (χ1n) is 5.13. The summed E-state index contributed by atoms with van der Waals surface area (Å²) in [5.41, 5.74) is 0.480. The van der Waals surface area contributed by atoms with Gasteiger partial charge in [0.2, 0.25) is 0 Å². The molecule has 0 bridgehead atoms. The number of para-hydroxylation sites is 1. The molecule has 0 atom stereocenters. The van der Waals surface area contributed by atoms with Crippen LogP contribution in [-0.2, 0) is 0 Å². The van der Waals surface area contributed by atoms with Gasteiger partial charge in [0.05, 0.1) is 0 Å². The maximum absolute atomic E-state index is 11.6. The summed E-state index contributed by atoms with van der Waals surface area (Å²) in [4.78, 5) is 11.6. The molecule has 0 saturated heterocycles. The molecule has 0 unspecified atom stereocenters. The first kappa shape index (κ1) is 12.7. The highest BCUT2D eigenvalue weighted by molar-refractivity contribution is 6.35. The SMILES string of the molecule is O=C(Nc1cc(Cl)cc(Cl)c1)Oc1ccccc1. The number of anilines is 1. The van der Waals surface area contributed by atoms with Crippen molar-refractivity contribution < 1.29 is 9.53 Å². The minimum Gasteiger partial charge on any atom is -0.410 e. The smallest absolute Gasteiger partial charge is 0.410 e. The summed E-state index contributed by atoms with van der Waals surface area (Å²) in [6, 6.07) is 13.5. The van der Waals surface area contributed by atoms with Crippen LogP contribution in [-0.4, -0.2) is 6.09 Å². The maximum atomic E-state index is 11.6. The van der Waals surface area contributed by atoms with Crippen molar-refractivity contribution in [1.29, 1.82) is 0 Å². The molecule has 5 heteroatoms. The Hall–Kier alpha value is -1.71. The molecular formula is C13H9Cl2NO2. The van der Waals surface area contributed by atoms with E-state index in [4.69, 9.17) is 27.9 Å². The van der Waals surface area contributed by atoms with Crippen LogP contribution in [0.4, 0.5) is 10.5 Å². The molecule has 1 amide bonds. The number of amides is 1. The minimum atomic E-state index is -0.598. The Morgan fingerprint density at radius 3 is 2.22 bits per heavy atom. The largest absolute Gasteiger partial charge is 0.417 e. The van der Waals surface area contributed by atoms with Gasteiger partial charge in [-0.3, -0.25) is 5.32 Å². The van der Waals surface area contributed by atoms with Crippen molar-refractivity contribution in [3.05, 3.63) is 58.6 Å². The van der Waals surface area contributed by atoms with E-state index in [1.54, 1.807) is 42.5 Å². The number of hydrogen-bond donors (Lipinski definition) is 1. The molecule has 0 aliphatic carbocycles. The Morgan fingerprint density at radius 2 is 1.61 bits per heavy atom. The van der Waals surface area contributed by atoms with Crippen molar-refractivity contribution in [1.82, 2.24) is 0 Å². The molecule has 2 rings (SSSR count). The van der Waals surface area contributed by atoms with E-state index in [9.17, 15) is 4.79 Å². The molecule has 0 aromatic heterocycles. The zero-order valence-corrected chi connectivity index (χ0v) is 10.7. The highest BCUT2D eigenvalue weighted by Crippen LogP contribution is 2.22. The van der Waals surface area contributed by atoms with Crippen molar-refractivity contribution in [2.24, 2.45) is 0 Å². The molecule has 0 radical (unpaired) electrons. The normalized spacial score (nSPS) is 9.89. The van der Waals surface area contributed by atoms with Gasteiger partial charge >= 0.3 is 6.09 Å². The molecule has 0 aliphatic heterocycles. The van der Waals surface area contributed by atoms with Gasteiger partial charge in [-0.25, -0.2) is 4.79 Å². The second kappa shape index (κ2) is 5.76. The zero-order valence-electron chi connectivity index (χ0n) is 9.19. The van der Waals surface area contributed by atoms with Crippen LogP contribution in [0.3, 0.4) is 0 Å². The van der Waals surface area contributed by atoms with Crippen molar-refractivity contribution in [3.8, 4) is 5.75 Å². The Labute approximate surface area is 114 Å². The highest BCUT2D eigenvalue weighted by atomic mass is 35.5. The van der Waals surface area contributed by atoms with E-state index in [0.29, 0.717) is 21.5 Å². The Balaban J connectivity index is 2.03. The molecule has 0 saturated carbocycles. The summed E-state index contributed by atoms with van der Waals surface area (Å²) >= 11 is 11.6. The molecule has 2 aromatic rings. The van der Waals surface area contributed by atoms with Gasteiger partial charge in [-0.05, 0) is 30.3 Å². The predicted octanol–water partition coefficient (Wildman–Crippen LogP) is 4.60. The van der Waals surface area contributed by atoms with E-state index < -0.39 is 6.09 Å². The van der Waals surface area contributed by atoms with Gasteiger partial charge in [0.25, 0.3) is 0 Å². The molecule has 0 fully saturated rings. The Kier molecular flexibility index (Phi) is 4.07. The van der Waals surface area contributed by atoms with Crippen LogP contribution in [0.15, 0.2) is 48.5 Å². The van der Waals surface area contributed by atoms with Gasteiger partial charge in [0.15, 0.2) is 0 Å². The number of benzene rings is 2. The molecule has 1 N–H and O–H groups in total. The number of halogens is 2. The van der Waals surface area contributed by atoms with Crippen LogP contribution < -0.4 is 10.1 Å². The second-order valence-electron chi connectivity index (χ2n) is 3.49. The highest BCUT2D eigenvalue weighted by Gasteiger charge is 2.06. The topological polar surface area (TPSA) is 38.3 Å². The summed E-state index contributed by atoms with van der Waals surface area (Å²) in [5.74, 6) is 0.461. The summed E-state index contributed by atoms with van der Waals surface area (Å²) in [6.45, 7) is 0. The van der Waals surface area contributed by atoms with E-state index >= 15 is 0 Å². The fourth-order valence-corrected chi connectivity index (χ4v) is 1.89. The lowest BCUT2D eigenvalue weighted by Crippen LogP contribution is -2.16. The zero-order chi connectivity index (χ0) is 13.0. The number of carbonyl (C=O) groups is 1. The molecular weight excluding hydrogens is 273 g/mol. The number of ether oxygens (including phenoxy) is 1.